The summed E-state index contributed by atoms with van der Waals surface area (Å²) in [6, 6.07) is 14.2. The molecular formula is C20H22N6. The molecule has 1 aromatic carbocycles. The Hall–Kier alpha value is -2.99. The van der Waals surface area contributed by atoms with E-state index < -0.39 is 0 Å². The lowest BCUT2D eigenvalue weighted by molar-refractivity contribution is 0.724. The van der Waals surface area contributed by atoms with Crippen molar-refractivity contribution < 1.29 is 0 Å². The van der Waals surface area contributed by atoms with Crippen molar-refractivity contribution in [3.8, 4) is 11.1 Å². The van der Waals surface area contributed by atoms with E-state index in [1.54, 1.807) is 0 Å². The second kappa shape index (κ2) is 7.93. The molecule has 0 saturated carbocycles. The van der Waals surface area contributed by atoms with E-state index in [2.05, 4.69) is 54.8 Å². The highest BCUT2D eigenvalue weighted by Crippen LogP contribution is 2.22. The Labute approximate surface area is 153 Å². The molecule has 6 heteroatoms. The Morgan fingerprint density at radius 1 is 0.846 bits per heavy atom. The first-order valence-corrected chi connectivity index (χ1v) is 8.95. The molecule has 132 valence electrons. The van der Waals surface area contributed by atoms with Crippen LogP contribution in [-0.2, 0) is 0 Å². The fraction of sp³-hybridized carbons (Fsp3) is 0.250. The first-order chi connectivity index (χ1) is 12.9. The highest BCUT2D eigenvalue weighted by molar-refractivity contribution is 5.67. The molecule has 1 saturated heterocycles. The van der Waals surface area contributed by atoms with Gasteiger partial charge in [0.05, 0.1) is 0 Å². The fourth-order valence-electron chi connectivity index (χ4n) is 3.05. The molecular weight excluding hydrogens is 324 g/mol. The second-order valence-electron chi connectivity index (χ2n) is 6.27. The van der Waals surface area contributed by atoms with Crippen LogP contribution in [0.1, 0.15) is 6.42 Å². The van der Waals surface area contributed by atoms with E-state index in [-0.39, 0.29) is 0 Å². The van der Waals surface area contributed by atoms with Crippen molar-refractivity contribution in [3.05, 3.63) is 61.1 Å². The monoisotopic (exact) mass is 346 g/mol. The molecule has 3 heterocycles. The number of hydrogen-bond donors (Lipinski definition) is 2. The van der Waals surface area contributed by atoms with Crippen LogP contribution in [0.2, 0.25) is 0 Å². The van der Waals surface area contributed by atoms with E-state index in [1.165, 1.54) is 5.56 Å². The molecule has 1 aliphatic heterocycles. The van der Waals surface area contributed by atoms with Crippen molar-refractivity contribution in [3.63, 3.8) is 0 Å². The zero-order valence-electron chi connectivity index (χ0n) is 14.6. The van der Waals surface area contributed by atoms with Gasteiger partial charge < -0.3 is 15.5 Å². The lowest BCUT2D eigenvalue weighted by atomic mass is 10.1. The van der Waals surface area contributed by atoms with Gasteiger partial charge in [-0.05, 0) is 54.4 Å². The van der Waals surface area contributed by atoms with Crippen LogP contribution in [0, 0.1) is 0 Å². The summed E-state index contributed by atoms with van der Waals surface area (Å²) in [7, 11) is 0. The number of anilines is 3. The topological polar surface area (TPSA) is 66.0 Å². The quantitative estimate of drug-likeness (QED) is 0.757. The number of benzene rings is 1. The molecule has 0 radical (unpaired) electrons. The van der Waals surface area contributed by atoms with Crippen molar-refractivity contribution in [1.29, 1.82) is 0 Å². The Kier molecular flexibility index (Phi) is 5.02. The highest BCUT2D eigenvalue weighted by atomic mass is 15.3. The Balaban J connectivity index is 1.48. The van der Waals surface area contributed by atoms with Gasteiger partial charge in [0.2, 0.25) is 5.95 Å². The zero-order chi connectivity index (χ0) is 17.6. The van der Waals surface area contributed by atoms with Crippen molar-refractivity contribution in [2.75, 3.05) is 36.4 Å². The van der Waals surface area contributed by atoms with Crippen molar-refractivity contribution in [2.24, 2.45) is 0 Å². The van der Waals surface area contributed by atoms with Gasteiger partial charge in [-0.2, -0.15) is 4.98 Å². The zero-order valence-corrected chi connectivity index (χ0v) is 14.6. The van der Waals surface area contributed by atoms with Gasteiger partial charge in [-0.3, -0.25) is 4.98 Å². The third kappa shape index (κ3) is 3.97. The normalized spacial score (nSPS) is 14.7. The van der Waals surface area contributed by atoms with Gasteiger partial charge >= 0.3 is 0 Å². The van der Waals surface area contributed by atoms with E-state index >= 15 is 0 Å². The van der Waals surface area contributed by atoms with Crippen LogP contribution in [-0.4, -0.2) is 41.1 Å². The fourth-order valence-corrected chi connectivity index (χ4v) is 3.05. The van der Waals surface area contributed by atoms with Crippen LogP contribution in [0.3, 0.4) is 0 Å². The average molecular weight is 346 g/mol. The first kappa shape index (κ1) is 16.5. The molecule has 2 N–H and O–H groups in total. The highest BCUT2D eigenvalue weighted by Gasteiger charge is 2.12. The maximum Gasteiger partial charge on any atom is 0.227 e. The predicted octanol–water partition coefficient (Wildman–Crippen LogP) is 3.08. The van der Waals surface area contributed by atoms with Gasteiger partial charge in [0.25, 0.3) is 0 Å². The van der Waals surface area contributed by atoms with Gasteiger partial charge in [-0.1, -0.05) is 12.1 Å². The Morgan fingerprint density at radius 2 is 1.65 bits per heavy atom. The van der Waals surface area contributed by atoms with E-state index in [1.807, 2.05) is 36.8 Å². The molecule has 2 aromatic heterocycles. The Bertz CT molecular complexity index is 826. The molecule has 1 aliphatic rings. The van der Waals surface area contributed by atoms with Crippen LogP contribution in [0.5, 0.6) is 0 Å². The van der Waals surface area contributed by atoms with E-state index in [4.69, 9.17) is 0 Å². The number of pyridine rings is 1. The smallest absolute Gasteiger partial charge is 0.227 e. The maximum atomic E-state index is 4.68. The summed E-state index contributed by atoms with van der Waals surface area (Å²) in [4.78, 5) is 15.4. The molecule has 0 unspecified atom stereocenters. The Morgan fingerprint density at radius 3 is 2.50 bits per heavy atom. The van der Waals surface area contributed by atoms with Crippen LogP contribution in [0.4, 0.5) is 17.5 Å². The summed E-state index contributed by atoms with van der Waals surface area (Å²) in [5.74, 6) is 1.59. The molecule has 4 rings (SSSR count). The third-order valence-corrected chi connectivity index (χ3v) is 4.44. The van der Waals surface area contributed by atoms with Crippen molar-refractivity contribution >= 4 is 17.5 Å². The van der Waals surface area contributed by atoms with Crippen LogP contribution >= 0.6 is 0 Å². The SMILES string of the molecule is c1cc(-c2ccc(Nc3ccnc(N4CCCNCC4)n3)cc2)ccn1. The first-order valence-electron chi connectivity index (χ1n) is 8.95. The van der Waals surface area contributed by atoms with Crippen LogP contribution < -0.4 is 15.5 Å². The summed E-state index contributed by atoms with van der Waals surface area (Å²) >= 11 is 0. The lowest BCUT2D eigenvalue weighted by Gasteiger charge is -2.20. The average Bonchev–Trinajstić information content (AvgIpc) is 2.99. The second-order valence-corrected chi connectivity index (χ2v) is 6.27. The summed E-state index contributed by atoms with van der Waals surface area (Å²) in [5.41, 5.74) is 3.33. The number of nitrogens with one attached hydrogen (secondary N) is 2. The summed E-state index contributed by atoms with van der Waals surface area (Å²) in [5, 5.41) is 6.78. The molecule has 0 bridgehead atoms. The molecule has 26 heavy (non-hydrogen) atoms. The van der Waals surface area contributed by atoms with Gasteiger partial charge in [0.15, 0.2) is 0 Å². The molecule has 0 spiro atoms. The molecule has 0 amide bonds. The number of hydrogen-bond acceptors (Lipinski definition) is 6. The molecule has 0 atom stereocenters. The summed E-state index contributed by atoms with van der Waals surface area (Å²) in [6.07, 6.45) is 6.54. The molecule has 1 fully saturated rings. The van der Waals surface area contributed by atoms with Gasteiger partial charge in [0.1, 0.15) is 5.82 Å². The maximum absolute atomic E-state index is 4.68. The number of aromatic nitrogens is 3. The van der Waals surface area contributed by atoms with Gasteiger partial charge in [0, 0.05) is 43.9 Å². The van der Waals surface area contributed by atoms with Gasteiger partial charge in [-0.25, -0.2) is 4.98 Å². The standard InChI is InChI=1S/C20H22N6/c1-9-21-13-15-26(14-1)20-23-12-8-19(25-20)24-18-4-2-16(3-5-18)17-6-10-22-11-7-17/h2-8,10-12,21H,1,9,13-15H2,(H,23,24,25). The third-order valence-electron chi connectivity index (χ3n) is 4.44. The summed E-state index contributed by atoms with van der Waals surface area (Å²) in [6.45, 7) is 3.94. The lowest BCUT2D eigenvalue weighted by Crippen LogP contribution is -2.29. The van der Waals surface area contributed by atoms with Crippen molar-refractivity contribution in [2.45, 2.75) is 6.42 Å². The number of rotatable bonds is 4. The van der Waals surface area contributed by atoms with Crippen LogP contribution in [0.25, 0.3) is 11.1 Å². The van der Waals surface area contributed by atoms with E-state index in [0.29, 0.717) is 0 Å². The minimum atomic E-state index is 0.784. The van der Waals surface area contributed by atoms with Gasteiger partial charge in [-0.15, -0.1) is 0 Å². The van der Waals surface area contributed by atoms with E-state index in [9.17, 15) is 0 Å². The minimum absolute atomic E-state index is 0.784. The largest absolute Gasteiger partial charge is 0.340 e. The van der Waals surface area contributed by atoms with E-state index in [0.717, 1.165) is 55.6 Å². The minimum Gasteiger partial charge on any atom is -0.340 e. The molecule has 6 nitrogen and oxygen atoms in total. The van der Waals surface area contributed by atoms with Crippen LogP contribution in [0.15, 0.2) is 61.1 Å². The molecule has 3 aromatic rings. The van der Waals surface area contributed by atoms with Crippen molar-refractivity contribution in [1.82, 2.24) is 20.3 Å². The predicted molar refractivity (Wildman–Crippen MR) is 105 cm³/mol. The summed E-state index contributed by atoms with van der Waals surface area (Å²) < 4.78 is 0. The number of nitrogens with zero attached hydrogens (tertiary/aromatic N) is 4. The molecule has 0 aliphatic carbocycles.